The van der Waals surface area contributed by atoms with Crippen LogP contribution >= 0.6 is 0 Å². The number of aryl methyl sites for hydroxylation is 6. The first-order valence-electron chi connectivity index (χ1n) is 18.9. The molecule has 9 rings (SSSR count). The first-order valence-corrected chi connectivity index (χ1v) is 18.9. The number of rotatable bonds is 12. The van der Waals surface area contributed by atoms with Crippen LogP contribution in [0.15, 0.2) is 163 Å². The third kappa shape index (κ3) is 8.45. The van der Waals surface area contributed by atoms with Crippen LogP contribution in [0.1, 0.15) is 33.4 Å². The molecule has 0 amide bonds. The van der Waals surface area contributed by atoms with E-state index in [0.29, 0.717) is 0 Å². The van der Waals surface area contributed by atoms with Gasteiger partial charge in [0.25, 0.3) is 0 Å². The topological polar surface area (TPSA) is 51.8 Å². The monoisotopic (exact) mass is 901 g/mol. The molecule has 0 unspecified atom stereocenters. The van der Waals surface area contributed by atoms with Crippen molar-refractivity contribution in [3.05, 3.63) is 210 Å². The smallest absolute Gasteiger partial charge is 0.501 e. The molecule has 4 heterocycles. The Morgan fingerprint density at radius 1 is 0.411 bits per heavy atom. The Hall–Kier alpha value is -6.00. The van der Waals surface area contributed by atoms with Crippen LogP contribution in [-0.4, -0.2) is 15.0 Å². The zero-order valence-electron chi connectivity index (χ0n) is 30.8. The van der Waals surface area contributed by atoms with Gasteiger partial charge < -0.3 is 19.4 Å². The summed E-state index contributed by atoms with van der Waals surface area (Å²) in [4.78, 5) is 14.4. The van der Waals surface area contributed by atoms with Crippen LogP contribution in [0.25, 0.3) is 55.7 Å². The number of furan rings is 1. The predicted octanol–water partition coefficient (Wildman–Crippen LogP) is 11.5. The molecule has 0 bridgehead atoms. The molecule has 5 aromatic carbocycles. The molecule has 0 saturated carbocycles. The molecule has 56 heavy (non-hydrogen) atoms. The molecule has 0 atom stereocenters. The van der Waals surface area contributed by atoms with E-state index in [2.05, 4.69) is 84.9 Å². The fourth-order valence-corrected chi connectivity index (χ4v) is 7.31. The first kappa shape index (κ1) is 36.9. The molecule has 0 fully saturated rings. The van der Waals surface area contributed by atoms with Gasteiger partial charge in [-0.3, -0.25) is 0 Å². The van der Waals surface area contributed by atoms with E-state index in [4.69, 9.17) is 19.4 Å². The van der Waals surface area contributed by atoms with E-state index in [1.165, 1.54) is 33.4 Å². The van der Waals surface area contributed by atoms with Gasteiger partial charge in [0, 0.05) is 24.0 Å². The molecule has 9 aromatic rings. The van der Waals surface area contributed by atoms with Crippen LogP contribution in [0, 0.1) is 18.2 Å². The second kappa shape index (κ2) is 17.2. The number of para-hydroxylation sites is 1. The van der Waals surface area contributed by atoms with Crippen molar-refractivity contribution in [3.63, 3.8) is 0 Å². The number of fused-ring (bicyclic) bond motifs is 3. The Morgan fingerprint density at radius 3 is 1.38 bits per heavy atom. The van der Waals surface area contributed by atoms with E-state index in [-0.39, 0.29) is 20.1 Å². The normalized spacial score (nSPS) is 11.1. The third-order valence-electron chi connectivity index (χ3n) is 10.3. The summed E-state index contributed by atoms with van der Waals surface area (Å²) in [6.07, 6.45) is 11.6. The van der Waals surface area contributed by atoms with Crippen LogP contribution in [0.5, 0.6) is 0 Å². The molecule has 0 aliphatic heterocycles. The fraction of sp³-hybridized carbons (Fsp3) is 0.118. The number of pyridine rings is 3. The third-order valence-corrected chi connectivity index (χ3v) is 10.3. The van der Waals surface area contributed by atoms with Crippen molar-refractivity contribution < 1.29 is 24.5 Å². The summed E-state index contributed by atoms with van der Waals surface area (Å²) in [5.41, 5.74) is 15.1. The maximum Gasteiger partial charge on any atom is 3.00 e. The number of hydrogen-bond acceptors (Lipinski definition) is 4. The second-order valence-electron chi connectivity index (χ2n) is 14.1. The number of hydrogen-bond donors (Lipinski definition) is 0. The Kier molecular flexibility index (Phi) is 11.4. The van der Waals surface area contributed by atoms with Crippen molar-refractivity contribution >= 4 is 21.9 Å². The molecule has 5 heteroatoms. The largest absolute Gasteiger partial charge is 3.00 e. The molecule has 0 N–H and O–H groups in total. The Bertz CT molecular complexity index is 2570. The van der Waals surface area contributed by atoms with Crippen molar-refractivity contribution in [3.8, 4) is 33.8 Å². The Morgan fingerprint density at radius 2 is 0.893 bits per heavy atom. The quantitative estimate of drug-likeness (QED) is 0.115. The van der Waals surface area contributed by atoms with Gasteiger partial charge in [0.05, 0.1) is 5.58 Å². The summed E-state index contributed by atoms with van der Waals surface area (Å²) in [6, 6.07) is 58.1. The van der Waals surface area contributed by atoms with Gasteiger partial charge in [-0.25, -0.2) is 0 Å². The van der Waals surface area contributed by atoms with E-state index < -0.39 is 0 Å². The van der Waals surface area contributed by atoms with Gasteiger partial charge in [-0.05, 0) is 95.1 Å². The molecular weight excluding hydrogens is 863 g/mol. The molecule has 0 saturated heterocycles. The maximum atomic E-state index is 6.26. The molecule has 272 valence electrons. The summed E-state index contributed by atoms with van der Waals surface area (Å²) >= 11 is 0. The fourth-order valence-electron chi connectivity index (χ4n) is 7.31. The minimum atomic E-state index is 0. The van der Waals surface area contributed by atoms with Gasteiger partial charge in [-0.15, -0.1) is 90.0 Å². The van der Waals surface area contributed by atoms with Crippen LogP contribution in [0.2, 0.25) is 0 Å². The standard InChI is InChI=1S/C51H38N3O.Ir/c1-3-10-42(11-4-1)47-27-24-36(33-52-47)18-21-39-30-40(22-19-37-25-28-48(53-34-37)43-12-5-2-6-13-43)32-41(31-39)23-20-38-26-29-49(54-35-38)46-16-9-15-45-44-14-7-8-17-50(44)55-51(45)46;/h1-10,12,14-15,17,24-35H,18-23H2;/q-3;+3. The van der Waals surface area contributed by atoms with Crippen LogP contribution < -0.4 is 0 Å². The van der Waals surface area contributed by atoms with E-state index in [0.717, 1.165) is 94.2 Å². The minimum absolute atomic E-state index is 0. The Balaban J connectivity index is 0.00000441. The van der Waals surface area contributed by atoms with Gasteiger partial charge in [-0.1, -0.05) is 83.7 Å². The summed E-state index contributed by atoms with van der Waals surface area (Å²) in [5.74, 6) is 0. The van der Waals surface area contributed by atoms with Crippen molar-refractivity contribution in [2.75, 3.05) is 0 Å². The average Bonchev–Trinajstić information content (AvgIpc) is 3.65. The van der Waals surface area contributed by atoms with Crippen molar-refractivity contribution in [2.45, 2.75) is 38.5 Å². The van der Waals surface area contributed by atoms with Gasteiger partial charge in [-0.2, -0.15) is 0 Å². The molecule has 0 radical (unpaired) electrons. The molecule has 4 aromatic heterocycles. The maximum absolute atomic E-state index is 6.26. The van der Waals surface area contributed by atoms with Gasteiger partial charge in [0.1, 0.15) is 5.58 Å². The van der Waals surface area contributed by atoms with Gasteiger partial charge >= 0.3 is 20.1 Å². The Labute approximate surface area is 341 Å². The van der Waals surface area contributed by atoms with Crippen molar-refractivity contribution in [1.82, 2.24) is 15.0 Å². The van der Waals surface area contributed by atoms with E-state index in [1.807, 2.05) is 91.4 Å². The van der Waals surface area contributed by atoms with Crippen LogP contribution in [0.4, 0.5) is 0 Å². The van der Waals surface area contributed by atoms with Crippen molar-refractivity contribution in [1.29, 1.82) is 0 Å². The zero-order chi connectivity index (χ0) is 36.8. The molecular formula is C51H38IrN3O. The average molecular weight is 901 g/mol. The van der Waals surface area contributed by atoms with Gasteiger partial charge in [0.15, 0.2) is 0 Å². The van der Waals surface area contributed by atoms with E-state index >= 15 is 0 Å². The SMILES string of the molecule is [Ir+3].[c-]1ccccc1-c1ccc(CCc2cc(CCc3ccc(-c4[c-]cccc4)nc3)cc(CCc3ccc(-c4[c-]ccc5c4oc4ccccc45)nc3)c2)cn1. The number of aromatic nitrogens is 3. The zero-order valence-corrected chi connectivity index (χ0v) is 33.2. The molecule has 0 aliphatic carbocycles. The summed E-state index contributed by atoms with van der Waals surface area (Å²) in [7, 11) is 0. The van der Waals surface area contributed by atoms with Crippen molar-refractivity contribution in [2.24, 2.45) is 0 Å². The summed E-state index contributed by atoms with van der Waals surface area (Å²) < 4.78 is 6.26. The van der Waals surface area contributed by atoms with Crippen LogP contribution in [0.3, 0.4) is 0 Å². The summed E-state index contributed by atoms with van der Waals surface area (Å²) in [5, 5.41) is 2.20. The predicted molar refractivity (Wildman–Crippen MR) is 221 cm³/mol. The molecule has 0 spiro atoms. The van der Waals surface area contributed by atoms with E-state index in [1.54, 1.807) is 0 Å². The van der Waals surface area contributed by atoms with Crippen LogP contribution in [-0.2, 0) is 58.6 Å². The van der Waals surface area contributed by atoms with Gasteiger partial charge in [0.2, 0.25) is 0 Å². The second-order valence-corrected chi connectivity index (χ2v) is 14.1. The molecule has 4 nitrogen and oxygen atoms in total. The number of nitrogens with zero attached hydrogens (tertiary/aromatic N) is 3. The summed E-state index contributed by atoms with van der Waals surface area (Å²) in [6.45, 7) is 0. The van der Waals surface area contributed by atoms with E-state index in [9.17, 15) is 0 Å². The molecule has 0 aliphatic rings. The minimum Gasteiger partial charge on any atom is -0.501 e. The number of benzene rings is 5. The first-order chi connectivity index (χ1) is 27.2.